The molecule has 0 saturated heterocycles. The molecule has 3 rings (SSSR count). The Morgan fingerprint density at radius 1 is 1.30 bits per heavy atom. The molecule has 8 heteroatoms. The van der Waals surface area contributed by atoms with Crippen LogP contribution < -0.4 is 5.32 Å². The topological polar surface area (TPSA) is 85.1 Å². The van der Waals surface area contributed by atoms with Crippen LogP contribution in [0.2, 0.25) is 0 Å². The Hall–Kier alpha value is -2.58. The summed E-state index contributed by atoms with van der Waals surface area (Å²) in [5.41, 5.74) is 2.07. The van der Waals surface area contributed by atoms with E-state index in [-0.39, 0.29) is 11.6 Å². The maximum atomic E-state index is 12.3. The summed E-state index contributed by atoms with van der Waals surface area (Å²) in [7, 11) is 0. The number of hydrogen-bond acceptors (Lipinski definition) is 6. The molecular formula is C15H11N3O3S2. The lowest BCUT2D eigenvalue weighted by Gasteiger charge is -2.07. The van der Waals surface area contributed by atoms with E-state index in [0.29, 0.717) is 16.9 Å². The molecule has 0 spiro atoms. The Morgan fingerprint density at radius 3 is 2.83 bits per heavy atom. The van der Waals surface area contributed by atoms with Crippen LogP contribution in [-0.2, 0) is 0 Å². The van der Waals surface area contributed by atoms with Gasteiger partial charge < -0.3 is 5.32 Å². The lowest BCUT2D eigenvalue weighted by Crippen LogP contribution is -2.13. The second-order valence-electron chi connectivity index (χ2n) is 4.71. The second kappa shape index (κ2) is 6.27. The van der Waals surface area contributed by atoms with Gasteiger partial charge in [-0.2, -0.15) is 11.3 Å². The summed E-state index contributed by atoms with van der Waals surface area (Å²) in [4.78, 5) is 27.1. The highest BCUT2D eigenvalue weighted by Gasteiger charge is 2.17. The zero-order valence-corrected chi connectivity index (χ0v) is 13.6. The van der Waals surface area contributed by atoms with Crippen LogP contribution in [0.15, 0.2) is 40.4 Å². The fraction of sp³-hybridized carbons (Fsp3) is 0.0667. The van der Waals surface area contributed by atoms with E-state index in [0.717, 1.165) is 10.6 Å². The van der Waals surface area contributed by atoms with Gasteiger partial charge in [-0.15, -0.1) is 11.3 Å². The molecule has 0 atom stereocenters. The highest BCUT2D eigenvalue weighted by atomic mass is 32.1. The van der Waals surface area contributed by atoms with Gasteiger partial charge in [0.1, 0.15) is 10.7 Å². The van der Waals surface area contributed by atoms with Crippen LogP contribution in [0.3, 0.4) is 0 Å². The summed E-state index contributed by atoms with van der Waals surface area (Å²) in [6.07, 6.45) is 0. The summed E-state index contributed by atoms with van der Waals surface area (Å²) in [6, 6.07) is 6.52. The Balaban J connectivity index is 1.83. The number of nitro groups is 1. The third-order valence-corrected chi connectivity index (χ3v) is 4.83. The van der Waals surface area contributed by atoms with Crippen molar-refractivity contribution in [2.24, 2.45) is 0 Å². The SMILES string of the molecule is Cc1c(NC(=O)c2csc(-c3ccsc3)n2)cccc1[N+](=O)[O-]. The number of nitro benzene ring substituents is 1. The van der Waals surface area contributed by atoms with Gasteiger partial charge in [0.2, 0.25) is 0 Å². The van der Waals surface area contributed by atoms with Crippen molar-refractivity contribution in [1.82, 2.24) is 4.98 Å². The summed E-state index contributed by atoms with van der Waals surface area (Å²) in [5, 5.41) is 20.0. The van der Waals surface area contributed by atoms with Gasteiger partial charge in [-0.05, 0) is 24.4 Å². The number of aromatic nitrogens is 1. The first-order chi connectivity index (χ1) is 11.1. The highest BCUT2D eigenvalue weighted by Crippen LogP contribution is 2.28. The molecule has 0 unspecified atom stereocenters. The molecule has 23 heavy (non-hydrogen) atoms. The second-order valence-corrected chi connectivity index (χ2v) is 6.35. The number of nitrogens with one attached hydrogen (secondary N) is 1. The predicted molar refractivity (Wildman–Crippen MR) is 91.2 cm³/mol. The fourth-order valence-electron chi connectivity index (χ4n) is 2.04. The van der Waals surface area contributed by atoms with Crippen LogP contribution in [0, 0.1) is 17.0 Å². The van der Waals surface area contributed by atoms with E-state index in [1.54, 1.807) is 35.8 Å². The Morgan fingerprint density at radius 2 is 2.13 bits per heavy atom. The van der Waals surface area contributed by atoms with Crippen LogP contribution in [-0.4, -0.2) is 15.8 Å². The monoisotopic (exact) mass is 345 g/mol. The molecule has 1 N–H and O–H groups in total. The summed E-state index contributed by atoms with van der Waals surface area (Å²) in [6.45, 7) is 1.60. The third kappa shape index (κ3) is 3.13. The zero-order valence-electron chi connectivity index (χ0n) is 12.0. The Bertz CT molecular complexity index is 872. The molecule has 0 fully saturated rings. The lowest BCUT2D eigenvalue weighted by atomic mass is 10.1. The number of thiazole rings is 1. The van der Waals surface area contributed by atoms with Gasteiger partial charge in [-0.25, -0.2) is 4.98 Å². The molecule has 3 aromatic rings. The quantitative estimate of drug-likeness (QED) is 0.563. The molecule has 6 nitrogen and oxygen atoms in total. The average Bonchev–Trinajstić information content (AvgIpc) is 3.19. The number of amides is 1. The summed E-state index contributed by atoms with van der Waals surface area (Å²) < 4.78 is 0. The van der Waals surface area contributed by atoms with Crippen molar-refractivity contribution in [2.45, 2.75) is 6.92 Å². The largest absolute Gasteiger partial charge is 0.320 e. The number of benzene rings is 1. The minimum Gasteiger partial charge on any atom is -0.320 e. The molecule has 2 aromatic heterocycles. The molecule has 0 saturated carbocycles. The van der Waals surface area contributed by atoms with Gasteiger partial charge in [0.15, 0.2) is 0 Å². The van der Waals surface area contributed by atoms with Crippen molar-refractivity contribution >= 4 is 40.0 Å². The first-order valence-corrected chi connectivity index (χ1v) is 8.42. The zero-order chi connectivity index (χ0) is 16.4. The molecule has 2 heterocycles. The highest BCUT2D eigenvalue weighted by molar-refractivity contribution is 7.14. The van der Waals surface area contributed by atoms with Crippen LogP contribution in [0.4, 0.5) is 11.4 Å². The smallest absolute Gasteiger partial charge is 0.275 e. The van der Waals surface area contributed by atoms with Crippen LogP contribution in [0.25, 0.3) is 10.6 Å². The molecule has 1 aromatic carbocycles. The van der Waals surface area contributed by atoms with E-state index in [2.05, 4.69) is 10.3 Å². The van der Waals surface area contributed by atoms with Crippen molar-refractivity contribution in [1.29, 1.82) is 0 Å². The lowest BCUT2D eigenvalue weighted by molar-refractivity contribution is -0.385. The number of carbonyl (C=O) groups is 1. The maximum absolute atomic E-state index is 12.3. The molecular weight excluding hydrogens is 334 g/mol. The molecule has 0 aliphatic rings. The number of anilines is 1. The van der Waals surface area contributed by atoms with Crippen LogP contribution in [0.1, 0.15) is 16.1 Å². The van der Waals surface area contributed by atoms with Gasteiger partial charge in [0.05, 0.1) is 16.2 Å². The molecule has 0 radical (unpaired) electrons. The van der Waals surface area contributed by atoms with Gasteiger partial charge in [-0.1, -0.05) is 6.07 Å². The van der Waals surface area contributed by atoms with E-state index in [1.807, 2.05) is 16.8 Å². The number of thiophene rings is 1. The normalized spacial score (nSPS) is 10.5. The van der Waals surface area contributed by atoms with Gasteiger partial charge >= 0.3 is 0 Å². The van der Waals surface area contributed by atoms with E-state index in [4.69, 9.17) is 0 Å². The molecule has 0 aliphatic heterocycles. The van der Waals surface area contributed by atoms with Gasteiger partial charge in [0.25, 0.3) is 11.6 Å². The first-order valence-electron chi connectivity index (χ1n) is 6.59. The van der Waals surface area contributed by atoms with E-state index in [9.17, 15) is 14.9 Å². The average molecular weight is 345 g/mol. The van der Waals surface area contributed by atoms with Crippen LogP contribution >= 0.6 is 22.7 Å². The molecule has 116 valence electrons. The maximum Gasteiger partial charge on any atom is 0.275 e. The minimum atomic E-state index is -0.470. The van der Waals surface area contributed by atoms with E-state index < -0.39 is 4.92 Å². The molecule has 0 bridgehead atoms. The van der Waals surface area contributed by atoms with Crippen molar-refractivity contribution < 1.29 is 9.72 Å². The van der Waals surface area contributed by atoms with Gasteiger partial charge in [0, 0.05) is 22.4 Å². The first kappa shape index (κ1) is 15.3. The summed E-state index contributed by atoms with van der Waals surface area (Å²) >= 11 is 2.95. The van der Waals surface area contributed by atoms with Crippen LogP contribution in [0.5, 0.6) is 0 Å². The third-order valence-electron chi connectivity index (χ3n) is 3.26. The standard InChI is InChI=1S/C15H11N3O3S2/c1-9-11(3-2-4-13(9)18(20)21)16-14(19)12-8-23-15(17-12)10-5-6-22-7-10/h2-8H,1H3,(H,16,19). The van der Waals surface area contributed by atoms with Crippen molar-refractivity contribution in [3.8, 4) is 10.6 Å². The Kier molecular flexibility index (Phi) is 4.18. The Labute approximate surface area is 139 Å². The summed E-state index contributed by atoms with van der Waals surface area (Å²) in [5.74, 6) is -0.383. The number of carbonyl (C=O) groups excluding carboxylic acids is 1. The molecule has 1 amide bonds. The fourth-order valence-corrected chi connectivity index (χ4v) is 3.55. The van der Waals surface area contributed by atoms with Crippen molar-refractivity contribution in [2.75, 3.05) is 5.32 Å². The van der Waals surface area contributed by atoms with Gasteiger partial charge in [-0.3, -0.25) is 14.9 Å². The van der Waals surface area contributed by atoms with E-state index in [1.165, 1.54) is 17.4 Å². The van der Waals surface area contributed by atoms with E-state index >= 15 is 0 Å². The number of rotatable bonds is 4. The number of nitrogens with zero attached hydrogens (tertiary/aromatic N) is 2. The minimum absolute atomic E-state index is 0.0277. The number of hydrogen-bond donors (Lipinski definition) is 1. The molecule has 0 aliphatic carbocycles. The van der Waals surface area contributed by atoms with Crippen molar-refractivity contribution in [3.05, 3.63) is 61.8 Å². The van der Waals surface area contributed by atoms with Crippen molar-refractivity contribution in [3.63, 3.8) is 0 Å². The predicted octanol–water partition coefficient (Wildman–Crippen LogP) is 4.34.